The molecule has 1 aromatic heterocycles. The predicted octanol–water partition coefficient (Wildman–Crippen LogP) is 3.18. The van der Waals surface area contributed by atoms with Gasteiger partial charge >= 0.3 is 0 Å². The monoisotopic (exact) mass is 294 g/mol. The van der Waals surface area contributed by atoms with Gasteiger partial charge in [-0.2, -0.15) is 0 Å². The summed E-state index contributed by atoms with van der Waals surface area (Å²) in [6.45, 7) is 4.25. The fourth-order valence-electron chi connectivity index (χ4n) is 1.94. The van der Waals surface area contributed by atoms with Crippen LogP contribution < -0.4 is 9.47 Å². The molecule has 88 valence electrons. The smallest absolute Gasteiger partial charge is 0.231 e. The Kier molecular flexibility index (Phi) is 2.36. The summed E-state index contributed by atoms with van der Waals surface area (Å²) in [5, 5.41) is 0. The first-order valence-corrected chi connectivity index (χ1v) is 6.07. The second kappa shape index (κ2) is 3.77. The van der Waals surface area contributed by atoms with Gasteiger partial charge in [-0.3, -0.25) is 0 Å². The lowest BCUT2D eigenvalue weighted by Gasteiger charge is -2.05. The Hall–Kier alpha value is -1.49. The molecule has 0 saturated heterocycles. The average Bonchev–Trinajstić information content (AvgIpc) is 2.83. The zero-order valence-electron chi connectivity index (χ0n) is 9.50. The van der Waals surface area contributed by atoms with E-state index in [4.69, 9.17) is 9.47 Å². The van der Waals surface area contributed by atoms with Gasteiger partial charge in [0.25, 0.3) is 0 Å². The summed E-state index contributed by atoms with van der Waals surface area (Å²) in [5.41, 5.74) is 3.06. The number of benzene rings is 1. The quantitative estimate of drug-likeness (QED) is 0.879. The van der Waals surface area contributed by atoms with Crippen molar-refractivity contribution in [3.05, 3.63) is 28.1 Å². The topological polar surface area (TPSA) is 47.1 Å². The number of fused-ring (bicyclic) bond motifs is 1. The number of hydrogen-bond donors (Lipinski definition) is 1. The Balaban J connectivity index is 2.18. The largest absolute Gasteiger partial charge is 0.454 e. The minimum atomic E-state index is 0.291. The normalized spacial score (nSPS) is 13.1. The van der Waals surface area contributed by atoms with Gasteiger partial charge in [-0.15, -0.1) is 0 Å². The van der Waals surface area contributed by atoms with Crippen LogP contribution in [0.2, 0.25) is 0 Å². The van der Waals surface area contributed by atoms with Crippen LogP contribution in [0, 0.1) is 13.8 Å². The van der Waals surface area contributed by atoms with E-state index in [0.717, 1.165) is 38.7 Å². The van der Waals surface area contributed by atoms with Gasteiger partial charge in [0.2, 0.25) is 6.79 Å². The lowest BCUT2D eigenvalue weighted by molar-refractivity contribution is 0.174. The van der Waals surface area contributed by atoms with E-state index in [-0.39, 0.29) is 0 Å². The van der Waals surface area contributed by atoms with Crippen LogP contribution >= 0.6 is 15.9 Å². The van der Waals surface area contributed by atoms with Gasteiger partial charge in [-0.05, 0) is 47.5 Å². The van der Waals surface area contributed by atoms with Crippen LogP contribution in [-0.4, -0.2) is 16.8 Å². The molecule has 0 amide bonds. The molecule has 5 heteroatoms. The van der Waals surface area contributed by atoms with Crippen LogP contribution in [0.15, 0.2) is 16.7 Å². The molecule has 2 heterocycles. The van der Waals surface area contributed by atoms with Gasteiger partial charge in [0.15, 0.2) is 11.5 Å². The summed E-state index contributed by atoms with van der Waals surface area (Å²) >= 11 is 3.48. The number of imidazole rings is 1. The van der Waals surface area contributed by atoms with Crippen molar-refractivity contribution in [1.82, 2.24) is 9.97 Å². The number of ether oxygens (including phenoxy) is 2. The maximum Gasteiger partial charge on any atom is 0.231 e. The number of halogens is 1. The molecule has 2 aromatic rings. The van der Waals surface area contributed by atoms with Crippen molar-refractivity contribution in [1.29, 1.82) is 0 Å². The molecule has 0 aliphatic carbocycles. The van der Waals surface area contributed by atoms with E-state index < -0.39 is 0 Å². The SMILES string of the molecule is Cc1nc(-c2cc3c(cc2C)OCO3)c(Br)[nH]1. The second-order valence-electron chi connectivity index (χ2n) is 4.01. The highest BCUT2D eigenvalue weighted by molar-refractivity contribution is 9.10. The molecule has 1 aliphatic heterocycles. The van der Waals surface area contributed by atoms with E-state index in [1.807, 2.05) is 26.0 Å². The fraction of sp³-hybridized carbons (Fsp3) is 0.250. The van der Waals surface area contributed by atoms with Gasteiger partial charge in [-0.1, -0.05) is 0 Å². The summed E-state index contributed by atoms with van der Waals surface area (Å²) in [6, 6.07) is 3.95. The number of H-pyrrole nitrogens is 1. The van der Waals surface area contributed by atoms with E-state index in [1.54, 1.807) is 0 Å². The van der Waals surface area contributed by atoms with Crippen molar-refractivity contribution in [2.75, 3.05) is 6.79 Å². The second-order valence-corrected chi connectivity index (χ2v) is 4.80. The van der Waals surface area contributed by atoms with Crippen molar-refractivity contribution in [2.24, 2.45) is 0 Å². The molecule has 0 bridgehead atoms. The molecule has 1 N–H and O–H groups in total. The number of nitrogens with zero attached hydrogens (tertiary/aromatic N) is 1. The minimum absolute atomic E-state index is 0.291. The zero-order chi connectivity index (χ0) is 12.0. The number of rotatable bonds is 1. The zero-order valence-corrected chi connectivity index (χ0v) is 11.1. The molecular weight excluding hydrogens is 284 g/mol. The first-order valence-electron chi connectivity index (χ1n) is 5.28. The first kappa shape index (κ1) is 10.7. The van der Waals surface area contributed by atoms with E-state index in [2.05, 4.69) is 25.9 Å². The van der Waals surface area contributed by atoms with E-state index in [0.29, 0.717) is 6.79 Å². The summed E-state index contributed by atoms with van der Waals surface area (Å²) < 4.78 is 11.6. The van der Waals surface area contributed by atoms with Crippen LogP contribution in [-0.2, 0) is 0 Å². The molecule has 0 atom stereocenters. The third-order valence-corrected chi connectivity index (χ3v) is 3.33. The first-order chi connectivity index (χ1) is 8.15. The summed E-state index contributed by atoms with van der Waals surface area (Å²) in [5.74, 6) is 2.46. The van der Waals surface area contributed by atoms with Crippen molar-refractivity contribution in [3.8, 4) is 22.8 Å². The molecule has 0 unspecified atom stereocenters. The van der Waals surface area contributed by atoms with E-state index in [1.165, 1.54) is 0 Å². The molecule has 17 heavy (non-hydrogen) atoms. The Bertz CT molecular complexity index is 592. The molecule has 4 nitrogen and oxygen atoms in total. The Morgan fingerprint density at radius 2 is 1.94 bits per heavy atom. The molecule has 0 spiro atoms. The van der Waals surface area contributed by atoms with Crippen molar-refractivity contribution in [2.45, 2.75) is 13.8 Å². The van der Waals surface area contributed by atoms with Crippen LogP contribution in [0.4, 0.5) is 0 Å². The summed E-state index contributed by atoms with van der Waals surface area (Å²) in [7, 11) is 0. The highest BCUT2D eigenvalue weighted by Crippen LogP contribution is 2.39. The molecule has 0 radical (unpaired) electrons. The van der Waals surface area contributed by atoms with Crippen molar-refractivity contribution < 1.29 is 9.47 Å². The Morgan fingerprint density at radius 1 is 1.24 bits per heavy atom. The van der Waals surface area contributed by atoms with E-state index in [9.17, 15) is 0 Å². The predicted molar refractivity (Wildman–Crippen MR) is 67.3 cm³/mol. The van der Waals surface area contributed by atoms with Crippen LogP contribution in [0.1, 0.15) is 11.4 Å². The summed E-state index contributed by atoms with van der Waals surface area (Å²) in [4.78, 5) is 7.60. The number of hydrogen-bond acceptors (Lipinski definition) is 3. The third kappa shape index (κ3) is 1.70. The number of nitrogens with one attached hydrogen (secondary N) is 1. The van der Waals surface area contributed by atoms with E-state index >= 15 is 0 Å². The van der Waals surface area contributed by atoms with Gasteiger partial charge in [0, 0.05) is 5.56 Å². The van der Waals surface area contributed by atoms with Gasteiger partial charge in [0.1, 0.15) is 16.1 Å². The molecule has 3 rings (SSSR count). The Morgan fingerprint density at radius 3 is 2.59 bits per heavy atom. The summed E-state index contributed by atoms with van der Waals surface area (Å²) in [6.07, 6.45) is 0. The van der Waals surface area contributed by atoms with Gasteiger partial charge in [-0.25, -0.2) is 4.98 Å². The van der Waals surface area contributed by atoms with Crippen LogP contribution in [0.5, 0.6) is 11.5 Å². The molecule has 1 aliphatic rings. The van der Waals surface area contributed by atoms with Gasteiger partial charge in [0.05, 0.1) is 0 Å². The molecular formula is C12H11BrN2O2. The molecule has 0 fully saturated rings. The minimum Gasteiger partial charge on any atom is -0.454 e. The van der Waals surface area contributed by atoms with Crippen LogP contribution in [0.3, 0.4) is 0 Å². The van der Waals surface area contributed by atoms with Gasteiger partial charge < -0.3 is 14.5 Å². The number of aromatic amines is 1. The lowest BCUT2D eigenvalue weighted by Crippen LogP contribution is -1.92. The maximum absolute atomic E-state index is 5.39. The highest BCUT2D eigenvalue weighted by atomic mass is 79.9. The number of aryl methyl sites for hydroxylation is 2. The maximum atomic E-state index is 5.39. The average molecular weight is 295 g/mol. The van der Waals surface area contributed by atoms with Crippen molar-refractivity contribution in [3.63, 3.8) is 0 Å². The molecule has 0 saturated carbocycles. The highest BCUT2D eigenvalue weighted by Gasteiger charge is 2.19. The molecule has 1 aromatic carbocycles. The van der Waals surface area contributed by atoms with Crippen molar-refractivity contribution >= 4 is 15.9 Å². The lowest BCUT2D eigenvalue weighted by atomic mass is 10.1. The third-order valence-electron chi connectivity index (χ3n) is 2.75. The standard InChI is InChI=1S/C12H11BrN2O2/c1-6-3-9-10(17-5-16-9)4-8(6)11-12(13)15-7(2)14-11/h3-4H,5H2,1-2H3,(H,14,15). The Labute approximate surface area is 107 Å². The fourth-order valence-corrected chi connectivity index (χ4v) is 2.53. The van der Waals surface area contributed by atoms with Crippen LogP contribution in [0.25, 0.3) is 11.3 Å². The number of aromatic nitrogens is 2.